The van der Waals surface area contributed by atoms with Crippen LogP contribution in [0.15, 0.2) is 110 Å². The quantitative estimate of drug-likeness (QED) is 0.0433. The average molecular weight is 1410 g/mol. The highest BCUT2D eigenvalue weighted by Crippen LogP contribution is 2.35. The minimum absolute atomic E-state index is 0. The zero-order valence-corrected chi connectivity index (χ0v) is 60.0. The first kappa shape index (κ1) is 78.8. The molecular formula is C78H95F3N16O6. The van der Waals surface area contributed by atoms with E-state index in [4.69, 9.17) is 14.8 Å². The van der Waals surface area contributed by atoms with Crippen molar-refractivity contribution in [3.8, 4) is 50.5 Å². The Morgan fingerprint density at radius 2 is 0.893 bits per heavy atom. The Labute approximate surface area is 601 Å². The van der Waals surface area contributed by atoms with E-state index in [2.05, 4.69) is 118 Å². The SMILES string of the molecule is C.CC(=O)c1cc(-c2cnc(NCCN3CCCC3)nc2C(C)C)ccc1F.CC(=O)c1cc(-c2cnc(NCCN3CCOCC3)nc2C(C)C)ccc1F.CC(=O)c1cc(-c2cnc(NCCO)nc2C(C)C)ccc1F.CC(C)c1nc(-n2cncn2)ncc1-c1ccc2c(c1)C(=O)CC2. The lowest BCUT2D eigenvalue weighted by molar-refractivity contribution is 0.0398. The third-order valence-corrected chi connectivity index (χ3v) is 17.5. The molecule has 0 saturated carbocycles. The van der Waals surface area contributed by atoms with Crippen LogP contribution in [0.4, 0.5) is 31.0 Å². The predicted molar refractivity (Wildman–Crippen MR) is 396 cm³/mol. The average Bonchev–Trinajstić information content (AvgIpc) is 1.79. The number of aliphatic hydroxyl groups excluding tert-OH is 1. The summed E-state index contributed by atoms with van der Waals surface area (Å²) in [5.41, 5.74) is 12.2. The van der Waals surface area contributed by atoms with Crippen molar-refractivity contribution < 1.29 is 42.2 Å². The number of ether oxygens (including phenoxy) is 1. The van der Waals surface area contributed by atoms with Gasteiger partial charge in [0.15, 0.2) is 23.1 Å². The molecule has 12 rings (SSSR count). The number of nitrogens with one attached hydrogen (secondary N) is 3. The number of morpholine rings is 1. The lowest BCUT2D eigenvalue weighted by Crippen LogP contribution is -2.39. The molecule has 22 nitrogen and oxygen atoms in total. The van der Waals surface area contributed by atoms with Crippen LogP contribution in [-0.2, 0) is 11.2 Å². The van der Waals surface area contributed by atoms with Gasteiger partial charge < -0.3 is 30.7 Å². The molecular weight excluding hydrogens is 1310 g/mol. The van der Waals surface area contributed by atoms with Crippen LogP contribution in [-0.4, -0.2) is 171 Å². The van der Waals surface area contributed by atoms with Crippen molar-refractivity contribution in [2.24, 2.45) is 0 Å². The van der Waals surface area contributed by atoms with Crippen LogP contribution in [0.1, 0.15) is 196 Å². The summed E-state index contributed by atoms with van der Waals surface area (Å²) in [6, 6.07) is 19.7. The van der Waals surface area contributed by atoms with Gasteiger partial charge in [-0.15, -0.1) is 0 Å². The number of carbonyl (C=O) groups excluding carboxylic acids is 4. The van der Waals surface area contributed by atoms with E-state index in [1.54, 1.807) is 66.1 Å². The van der Waals surface area contributed by atoms with Gasteiger partial charge in [0.05, 0.1) is 59.3 Å². The van der Waals surface area contributed by atoms with Crippen molar-refractivity contribution in [3.05, 3.63) is 178 Å². The monoisotopic (exact) mass is 1410 g/mol. The van der Waals surface area contributed by atoms with Crippen molar-refractivity contribution in [2.75, 3.05) is 94.7 Å². The minimum Gasteiger partial charge on any atom is -0.395 e. The molecule has 0 amide bonds. The highest BCUT2D eigenvalue weighted by atomic mass is 19.1. The van der Waals surface area contributed by atoms with Gasteiger partial charge >= 0.3 is 0 Å². The maximum absolute atomic E-state index is 13.9. The van der Waals surface area contributed by atoms with E-state index < -0.39 is 17.5 Å². The van der Waals surface area contributed by atoms with Crippen molar-refractivity contribution in [3.63, 3.8) is 0 Å². The fourth-order valence-electron chi connectivity index (χ4n) is 12.0. The molecule has 7 heterocycles. The molecule has 4 aromatic carbocycles. The van der Waals surface area contributed by atoms with Crippen LogP contribution in [0.3, 0.4) is 0 Å². The molecule has 0 bridgehead atoms. The molecule has 2 saturated heterocycles. The number of halogens is 3. The van der Waals surface area contributed by atoms with Crippen molar-refractivity contribution in [2.45, 2.75) is 133 Å². The van der Waals surface area contributed by atoms with Crippen molar-refractivity contribution in [1.29, 1.82) is 0 Å². The number of hydrogen-bond acceptors (Lipinski definition) is 21. The van der Waals surface area contributed by atoms with Crippen LogP contribution < -0.4 is 16.0 Å². The molecule has 544 valence electrons. The van der Waals surface area contributed by atoms with E-state index in [0.29, 0.717) is 42.3 Å². The largest absolute Gasteiger partial charge is 0.395 e. The summed E-state index contributed by atoms with van der Waals surface area (Å²) in [5, 5.41) is 22.5. The minimum atomic E-state index is -0.533. The molecule has 0 atom stereocenters. The van der Waals surface area contributed by atoms with Gasteiger partial charge in [0.2, 0.25) is 17.8 Å². The maximum atomic E-state index is 13.9. The highest BCUT2D eigenvalue weighted by Gasteiger charge is 2.24. The topological polar surface area (TPSA) is 274 Å². The summed E-state index contributed by atoms with van der Waals surface area (Å²) in [7, 11) is 0. The van der Waals surface area contributed by atoms with Crippen LogP contribution in [0.2, 0.25) is 0 Å². The number of hydrogen-bond donors (Lipinski definition) is 4. The van der Waals surface area contributed by atoms with Gasteiger partial charge in [0.25, 0.3) is 5.95 Å². The molecule has 0 radical (unpaired) electrons. The van der Waals surface area contributed by atoms with Crippen LogP contribution in [0.25, 0.3) is 50.5 Å². The number of anilines is 3. The van der Waals surface area contributed by atoms with Gasteiger partial charge in [-0.2, -0.15) is 9.78 Å². The number of likely N-dealkylation sites (tertiary alicyclic amines) is 1. The van der Waals surface area contributed by atoms with Crippen molar-refractivity contribution >= 4 is 41.0 Å². The number of aromatic nitrogens is 11. The van der Waals surface area contributed by atoms with Crippen molar-refractivity contribution in [1.82, 2.24) is 64.4 Å². The third-order valence-electron chi connectivity index (χ3n) is 17.5. The van der Waals surface area contributed by atoms with Crippen LogP contribution >= 0.6 is 0 Å². The number of aryl methyl sites for hydroxylation is 1. The molecule has 1 aliphatic carbocycles. The standard InChI is InChI=1S/C21H27FN4O2.C21H27FN4O.C18H17N5O.C17H20FN3O2.CH4/c1-14(2)20-18(16-4-5-19(22)17(12-16)15(3)27)13-24-21(25-20)23-6-7-26-8-10-28-11-9-26;1-14(2)20-18(16-6-7-19(22)17(12-16)15(3)27)13-24-21(25-20)23-8-11-26-9-4-5-10-26;1-11(2)17-15(8-20-18(22-17)23-10-19-9-21-23)13-4-3-12-5-6-16(24)14(12)7-13;1-10(2)16-14(9-20-17(21-16)19-6-7-22)12-4-5-15(18)13(8-12)11(3)23;/h4-5,12-14H,6-11H2,1-3H3,(H,23,24,25);6-7,12-14H,4-5,8-11H2,1-3H3,(H,23,24,25);3-4,7-11H,5-6H2,1-2H3;4-5,8-10,22H,6-7H2,1-3H3,(H,19,20,21);1H4. The van der Waals surface area contributed by atoms with Gasteiger partial charge in [-0.3, -0.25) is 24.1 Å². The Balaban J connectivity index is 0.000000174. The van der Waals surface area contributed by atoms with Gasteiger partial charge in [0.1, 0.15) is 30.1 Å². The lowest BCUT2D eigenvalue weighted by atomic mass is 9.96. The van der Waals surface area contributed by atoms with Crippen LogP contribution in [0.5, 0.6) is 0 Å². The molecule has 2 aliphatic heterocycles. The number of carbonyl (C=O) groups is 4. The molecule has 9 aromatic rings. The second kappa shape index (κ2) is 37.3. The lowest BCUT2D eigenvalue weighted by Gasteiger charge is -2.26. The Morgan fingerprint density at radius 1 is 0.505 bits per heavy atom. The summed E-state index contributed by atoms with van der Waals surface area (Å²) in [6.45, 7) is 30.1. The maximum Gasteiger partial charge on any atom is 0.252 e. The highest BCUT2D eigenvalue weighted by molar-refractivity contribution is 6.01. The number of Topliss-reactive ketones (excluding diaryl/α,β-unsaturated/α-hetero) is 4. The molecule has 0 spiro atoms. The van der Waals surface area contributed by atoms with E-state index in [-0.39, 0.29) is 77.5 Å². The Hall–Kier alpha value is -9.95. The number of ketones is 4. The second-order valence-corrected chi connectivity index (χ2v) is 26.5. The number of rotatable bonds is 23. The molecule has 4 N–H and O–H groups in total. The first-order valence-corrected chi connectivity index (χ1v) is 34.7. The molecule has 0 unspecified atom stereocenters. The van der Waals surface area contributed by atoms with Gasteiger partial charge in [-0.1, -0.05) is 93.1 Å². The first-order valence-electron chi connectivity index (χ1n) is 34.7. The second-order valence-electron chi connectivity index (χ2n) is 26.5. The smallest absolute Gasteiger partial charge is 0.252 e. The summed E-state index contributed by atoms with van der Waals surface area (Å²) in [5.74, 6) is 0.546. The van der Waals surface area contributed by atoms with Gasteiger partial charge in [-0.05, 0) is 147 Å². The molecule has 25 heteroatoms. The van der Waals surface area contributed by atoms with Gasteiger partial charge in [0, 0.05) is 105 Å². The fourth-order valence-corrected chi connectivity index (χ4v) is 12.0. The fraction of sp³-hybridized carbons (Fsp3) is 0.410. The Morgan fingerprint density at radius 3 is 1.29 bits per heavy atom. The number of benzene rings is 4. The number of nitrogens with zero attached hydrogens (tertiary/aromatic N) is 13. The molecule has 103 heavy (non-hydrogen) atoms. The first-order chi connectivity index (χ1) is 49.0. The van der Waals surface area contributed by atoms with Gasteiger partial charge in [-0.25, -0.2) is 58.0 Å². The van der Waals surface area contributed by atoms with E-state index >= 15 is 0 Å². The zero-order valence-electron chi connectivity index (χ0n) is 60.0. The zero-order chi connectivity index (χ0) is 73.1. The normalized spacial score (nSPS) is 13.5. The summed E-state index contributed by atoms with van der Waals surface area (Å²) < 4.78 is 48.4. The number of fused-ring (bicyclic) bond motifs is 1. The molecule has 2 fully saturated rings. The molecule has 3 aliphatic rings. The van der Waals surface area contributed by atoms with E-state index in [9.17, 15) is 32.3 Å². The Kier molecular flexibility index (Phi) is 28.5. The molecule has 5 aromatic heterocycles. The predicted octanol–water partition coefficient (Wildman–Crippen LogP) is 14.1. The Bertz CT molecular complexity index is 4390. The van der Waals surface area contributed by atoms with E-state index in [1.165, 1.54) is 77.3 Å². The summed E-state index contributed by atoms with van der Waals surface area (Å²) in [4.78, 5) is 91.6. The van der Waals surface area contributed by atoms with E-state index in [0.717, 1.165) is 132 Å². The van der Waals surface area contributed by atoms with Crippen LogP contribution in [0, 0.1) is 17.5 Å². The third kappa shape index (κ3) is 20.9. The summed E-state index contributed by atoms with van der Waals surface area (Å²) in [6.07, 6.45) is 14.0. The summed E-state index contributed by atoms with van der Waals surface area (Å²) >= 11 is 0. The van der Waals surface area contributed by atoms with E-state index in [1.807, 2.05) is 26.0 Å². The number of aliphatic hydroxyl groups is 1.